The smallest absolute Gasteiger partial charge is 0.369 e. The van der Waals surface area contributed by atoms with Crippen molar-refractivity contribution in [1.29, 1.82) is 0 Å². The average molecular weight is 226 g/mol. The fourth-order valence-electron chi connectivity index (χ4n) is 1.30. The summed E-state index contributed by atoms with van der Waals surface area (Å²) in [6.45, 7) is 6.72. The summed E-state index contributed by atoms with van der Waals surface area (Å²) >= 11 is 0. The number of alkyl halides is 3. The van der Waals surface area contributed by atoms with Crippen molar-refractivity contribution in [1.82, 2.24) is 0 Å². The highest BCUT2D eigenvalue weighted by Crippen LogP contribution is 2.22. The fraction of sp³-hybridized carbons (Fsp3) is 1.00. The van der Waals surface area contributed by atoms with Gasteiger partial charge in [0.25, 0.3) is 0 Å². The van der Waals surface area contributed by atoms with E-state index in [1.54, 1.807) is 0 Å². The van der Waals surface area contributed by atoms with Crippen molar-refractivity contribution >= 4 is 0 Å². The summed E-state index contributed by atoms with van der Waals surface area (Å²) in [6.07, 6.45) is -2.84. The summed E-state index contributed by atoms with van der Waals surface area (Å²) in [5.41, 5.74) is 0. The topological polar surface area (TPSA) is 9.23 Å². The Kier molecular flexibility index (Phi) is 6.25. The van der Waals surface area contributed by atoms with Crippen molar-refractivity contribution in [3.63, 3.8) is 0 Å². The van der Waals surface area contributed by atoms with Crippen LogP contribution < -0.4 is 0 Å². The van der Waals surface area contributed by atoms with E-state index in [-0.39, 0.29) is 12.0 Å². The largest absolute Gasteiger partial charge is 0.411 e. The molecule has 2 atom stereocenters. The maximum Gasteiger partial charge on any atom is 0.411 e. The summed E-state index contributed by atoms with van der Waals surface area (Å²) in [4.78, 5) is 0. The molecule has 0 aromatic heterocycles. The van der Waals surface area contributed by atoms with Crippen molar-refractivity contribution in [2.45, 2.75) is 52.8 Å². The second kappa shape index (κ2) is 6.36. The monoisotopic (exact) mass is 226 g/mol. The second-order valence-corrected chi connectivity index (χ2v) is 4.46. The van der Waals surface area contributed by atoms with E-state index in [0.29, 0.717) is 12.3 Å². The summed E-state index contributed by atoms with van der Waals surface area (Å²) < 4.78 is 40.8. The van der Waals surface area contributed by atoms with Crippen LogP contribution >= 0.6 is 0 Å². The van der Waals surface area contributed by atoms with E-state index >= 15 is 0 Å². The zero-order valence-corrected chi connectivity index (χ0v) is 9.90. The Morgan fingerprint density at radius 1 is 1.13 bits per heavy atom. The van der Waals surface area contributed by atoms with Gasteiger partial charge < -0.3 is 4.74 Å². The molecular formula is C11H21F3O. The molecule has 0 spiro atoms. The van der Waals surface area contributed by atoms with Gasteiger partial charge in [0.2, 0.25) is 0 Å². The molecule has 92 valence electrons. The van der Waals surface area contributed by atoms with E-state index in [1.807, 2.05) is 27.7 Å². The van der Waals surface area contributed by atoms with Gasteiger partial charge in [0.05, 0.1) is 6.10 Å². The van der Waals surface area contributed by atoms with E-state index in [0.717, 1.165) is 6.42 Å². The zero-order chi connectivity index (χ0) is 12.1. The van der Waals surface area contributed by atoms with Crippen LogP contribution in [0.3, 0.4) is 0 Å². The molecule has 0 saturated heterocycles. The fourth-order valence-corrected chi connectivity index (χ4v) is 1.30. The van der Waals surface area contributed by atoms with Crippen molar-refractivity contribution < 1.29 is 17.9 Å². The van der Waals surface area contributed by atoms with Crippen LogP contribution in [0, 0.1) is 11.8 Å². The first-order valence-electron chi connectivity index (χ1n) is 5.44. The molecule has 0 saturated carbocycles. The minimum Gasteiger partial charge on any atom is -0.369 e. The number of rotatable bonds is 6. The van der Waals surface area contributed by atoms with Gasteiger partial charge in [-0.3, -0.25) is 0 Å². The van der Waals surface area contributed by atoms with Gasteiger partial charge >= 0.3 is 6.18 Å². The first-order valence-corrected chi connectivity index (χ1v) is 5.44. The van der Waals surface area contributed by atoms with Crippen LogP contribution in [0.15, 0.2) is 0 Å². The average Bonchev–Trinajstić information content (AvgIpc) is 2.09. The van der Waals surface area contributed by atoms with Crippen LogP contribution in [0.1, 0.15) is 40.5 Å². The molecule has 1 nitrogen and oxygen atoms in total. The molecule has 0 bridgehead atoms. The maximum atomic E-state index is 12.0. The molecule has 0 rings (SSSR count). The van der Waals surface area contributed by atoms with Crippen LogP contribution in [0.4, 0.5) is 13.2 Å². The van der Waals surface area contributed by atoms with Crippen molar-refractivity contribution in [3.05, 3.63) is 0 Å². The molecule has 15 heavy (non-hydrogen) atoms. The Labute approximate surface area is 90.0 Å². The summed E-state index contributed by atoms with van der Waals surface area (Å²) in [5, 5.41) is 0. The van der Waals surface area contributed by atoms with Gasteiger partial charge in [-0.15, -0.1) is 0 Å². The standard InChI is InChI=1S/C11H21F3O/c1-5-9(4)6-10(8(2)3)15-7-11(12,13)14/h8-10H,5-7H2,1-4H3. The molecule has 0 N–H and O–H groups in total. The predicted octanol–water partition coefficient (Wildman–Crippen LogP) is 4.03. The number of ether oxygens (including phenoxy) is 1. The maximum absolute atomic E-state index is 12.0. The van der Waals surface area contributed by atoms with Crippen LogP contribution in [0.2, 0.25) is 0 Å². The van der Waals surface area contributed by atoms with Crippen LogP contribution in [0.25, 0.3) is 0 Å². The van der Waals surface area contributed by atoms with E-state index in [1.165, 1.54) is 0 Å². The first kappa shape index (κ1) is 14.8. The van der Waals surface area contributed by atoms with Gasteiger partial charge in [0.1, 0.15) is 6.61 Å². The minimum atomic E-state index is -4.22. The van der Waals surface area contributed by atoms with Gasteiger partial charge in [-0.05, 0) is 18.3 Å². The van der Waals surface area contributed by atoms with E-state index in [2.05, 4.69) is 0 Å². The van der Waals surface area contributed by atoms with Gasteiger partial charge in [-0.25, -0.2) is 0 Å². The molecule has 0 aliphatic carbocycles. The lowest BCUT2D eigenvalue weighted by Gasteiger charge is -2.24. The summed E-state index contributed by atoms with van der Waals surface area (Å²) in [6, 6.07) is 0. The van der Waals surface area contributed by atoms with E-state index < -0.39 is 12.8 Å². The highest BCUT2D eigenvalue weighted by atomic mass is 19.4. The molecule has 0 heterocycles. The lowest BCUT2D eigenvalue weighted by atomic mass is 9.94. The quantitative estimate of drug-likeness (QED) is 0.664. The summed E-state index contributed by atoms with van der Waals surface area (Å²) in [7, 11) is 0. The molecule has 0 amide bonds. The molecular weight excluding hydrogens is 205 g/mol. The Balaban J connectivity index is 4.05. The molecule has 0 aromatic carbocycles. The molecule has 0 fully saturated rings. The number of halogens is 3. The van der Waals surface area contributed by atoms with Crippen LogP contribution in [-0.2, 0) is 4.74 Å². The van der Waals surface area contributed by atoms with E-state index in [4.69, 9.17) is 4.74 Å². The first-order chi connectivity index (χ1) is 6.76. The van der Waals surface area contributed by atoms with Gasteiger partial charge in [0, 0.05) is 0 Å². The van der Waals surface area contributed by atoms with Gasteiger partial charge in [-0.1, -0.05) is 34.1 Å². The second-order valence-electron chi connectivity index (χ2n) is 4.46. The molecule has 2 unspecified atom stereocenters. The minimum absolute atomic E-state index is 0.126. The van der Waals surface area contributed by atoms with Crippen LogP contribution in [0.5, 0.6) is 0 Å². The lowest BCUT2D eigenvalue weighted by molar-refractivity contribution is -0.191. The van der Waals surface area contributed by atoms with Crippen molar-refractivity contribution in [3.8, 4) is 0 Å². The van der Waals surface area contributed by atoms with Crippen LogP contribution in [-0.4, -0.2) is 18.9 Å². The molecule has 0 radical (unpaired) electrons. The third kappa shape index (κ3) is 7.65. The molecule has 0 aliphatic heterocycles. The summed E-state index contributed by atoms with van der Waals surface area (Å²) in [5.74, 6) is 0.534. The Morgan fingerprint density at radius 2 is 1.67 bits per heavy atom. The normalized spacial score (nSPS) is 16.8. The molecule has 0 aliphatic rings. The highest BCUT2D eigenvalue weighted by Gasteiger charge is 2.30. The van der Waals surface area contributed by atoms with Gasteiger partial charge in [-0.2, -0.15) is 13.2 Å². The third-order valence-electron chi connectivity index (χ3n) is 2.54. The molecule has 0 aromatic rings. The number of hydrogen-bond donors (Lipinski definition) is 0. The molecule has 4 heteroatoms. The third-order valence-corrected chi connectivity index (χ3v) is 2.54. The zero-order valence-electron chi connectivity index (χ0n) is 9.90. The lowest BCUT2D eigenvalue weighted by Crippen LogP contribution is -2.28. The van der Waals surface area contributed by atoms with Crippen molar-refractivity contribution in [2.24, 2.45) is 11.8 Å². The Morgan fingerprint density at radius 3 is 2.00 bits per heavy atom. The Bertz CT molecular complexity index is 166. The van der Waals surface area contributed by atoms with Crippen molar-refractivity contribution in [2.75, 3.05) is 6.61 Å². The Hall–Kier alpha value is -0.250. The number of hydrogen-bond acceptors (Lipinski definition) is 1. The SMILES string of the molecule is CCC(C)CC(OCC(F)(F)F)C(C)C. The predicted molar refractivity (Wildman–Crippen MR) is 54.7 cm³/mol. The highest BCUT2D eigenvalue weighted by molar-refractivity contribution is 4.67. The van der Waals surface area contributed by atoms with E-state index in [9.17, 15) is 13.2 Å². The van der Waals surface area contributed by atoms with Gasteiger partial charge in [0.15, 0.2) is 0 Å².